The topological polar surface area (TPSA) is 72.3 Å². The molecule has 3 rings (SSSR count). The predicted molar refractivity (Wildman–Crippen MR) is 107 cm³/mol. The Morgan fingerprint density at radius 1 is 1.19 bits per heavy atom. The number of rotatable bonds is 7. The number of aryl methyl sites for hydroxylation is 2. The number of amides is 1. The van der Waals surface area contributed by atoms with Gasteiger partial charge in [0.2, 0.25) is 5.91 Å². The zero-order valence-corrected chi connectivity index (χ0v) is 17.0. The minimum Gasteiger partial charge on any atom is -0.379 e. The number of carbonyl (C=O) groups is 1. The van der Waals surface area contributed by atoms with E-state index in [-0.39, 0.29) is 5.91 Å². The first-order chi connectivity index (χ1) is 13.0. The van der Waals surface area contributed by atoms with E-state index in [4.69, 9.17) is 4.74 Å². The minimum absolute atomic E-state index is 0.0367. The lowest BCUT2D eigenvalue weighted by Gasteiger charge is -2.26. The number of benzene rings is 1. The highest BCUT2D eigenvalue weighted by Gasteiger charge is 2.17. The van der Waals surface area contributed by atoms with Gasteiger partial charge in [0.05, 0.1) is 25.5 Å². The number of hydrogen-bond acceptors (Lipinski definition) is 6. The first kappa shape index (κ1) is 19.9. The second kappa shape index (κ2) is 9.34. The zero-order valence-electron chi connectivity index (χ0n) is 16.2. The summed E-state index contributed by atoms with van der Waals surface area (Å²) in [6, 6.07) is 6.04. The number of anilines is 1. The summed E-state index contributed by atoms with van der Waals surface area (Å²) in [5.41, 5.74) is 3.11. The second-order valence-corrected chi connectivity index (χ2v) is 7.69. The van der Waals surface area contributed by atoms with Crippen LogP contribution in [0, 0.1) is 13.8 Å². The Bertz CT molecular complexity index is 766. The minimum atomic E-state index is -0.0367. The molecule has 1 aliphatic rings. The van der Waals surface area contributed by atoms with Gasteiger partial charge in [-0.1, -0.05) is 17.8 Å². The van der Waals surface area contributed by atoms with Crippen molar-refractivity contribution in [1.29, 1.82) is 0 Å². The molecule has 1 aromatic carbocycles. The van der Waals surface area contributed by atoms with Crippen LogP contribution in [0.4, 0.5) is 5.69 Å². The Morgan fingerprint density at radius 2 is 1.89 bits per heavy atom. The molecule has 0 bridgehead atoms. The molecule has 2 heterocycles. The largest absolute Gasteiger partial charge is 0.379 e. The number of morpholine rings is 1. The van der Waals surface area contributed by atoms with Gasteiger partial charge in [-0.25, -0.2) is 0 Å². The van der Waals surface area contributed by atoms with Crippen molar-refractivity contribution in [3.8, 4) is 0 Å². The maximum absolute atomic E-state index is 12.3. The maximum Gasteiger partial charge on any atom is 0.234 e. The quantitative estimate of drug-likeness (QED) is 0.734. The lowest BCUT2D eigenvalue weighted by atomic mass is 10.1. The third kappa shape index (κ3) is 5.54. The van der Waals surface area contributed by atoms with Gasteiger partial charge in [0.25, 0.3) is 0 Å². The molecule has 1 saturated heterocycles. The Morgan fingerprint density at radius 3 is 2.56 bits per heavy atom. The molecule has 0 aliphatic carbocycles. The lowest BCUT2D eigenvalue weighted by Crippen LogP contribution is -2.36. The molecule has 7 nitrogen and oxygen atoms in total. The van der Waals surface area contributed by atoms with Gasteiger partial charge in [0, 0.05) is 25.3 Å². The van der Waals surface area contributed by atoms with Gasteiger partial charge < -0.3 is 14.6 Å². The Balaban J connectivity index is 1.57. The van der Waals surface area contributed by atoms with E-state index in [1.807, 2.05) is 26.0 Å². The van der Waals surface area contributed by atoms with Gasteiger partial charge in [-0.05, 0) is 44.0 Å². The number of nitrogens with one attached hydrogen (secondary N) is 1. The predicted octanol–water partition coefficient (Wildman–Crippen LogP) is 2.48. The second-order valence-electron chi connectivity index (χ2n) is 6.74. The van der Waals surface area contributed by atoms with E-state index in [2.05, 4.69) is 38.0 Å². The highest BCUT2D eigenvalue weighted by atomic mass is 32.2. The monoisotopic (exact) mass is 389 g/mol. The Hall–Kier alpha value is -1.90. The number of ether oxygens (including phenoxy) is 1. The number of nitrogens with zero attached hydrogens (tertiary/aromatic N) is 4. The van der Waals surface area contributed by atoms with E-state index >= 15 is 0 Å². The standard InChI is InChI=1S/C19H27N5O2S/c1-4-24-17(12-23-5-7-26-8-6-23)21-22-19(24)27-13-18(25)20-16-10-14(2)9-15(3)11-16/h9-11H,4-8,12-13H2,1-3H3,(H,20,25). The van der Waals surface area contributed by atoms with Crippen molar-refractivity contribution in [1.82, 2.24) is 19.7 Å². The van der Waals surface area contributed by atoms with Crippen LogP contribution in [0.1, 0.15) is 23.9 Å². The van der Waals surface area contributed by atoms with Gasteiger partial charge in [-0.2, -0.15) is 0 Å². The van der Waals surface area contributed by atoms with E-state index in [9.17, 15) is 4.79 Å². The molecular formula is C19H27N5O2S. The molecular weight excluding hydrogens is 362 g/mol. The van der Waals surface area contributed by atoms with Crippen molar-refractivity contribution in [2.75, 3.05) is 37.4 Å². The summed E-state index contributed by atoms with van der Waals surface area (Å²) in [5, 5.41) is 12.4. The first-order valence-corrected chi connectivity index (χ1v) is 10.3. The van der Waals surface area contributed by atoms with Gasteiger partial charge >= 0.3 is 0 Å². The lowest BCUT2D eigenvalue weighted by molar-refractivity contribution is -0.113. The zero-order chi connectivity index (χ0) is 19.2. The smallest absolute Gasteiger partial charge is 0.234 e. The molecule has 0 radical (unpaired) electrons. The van der Waals surface area contributed by atoms with Gasteiger partial charge in [0.1, 0.15) is 5.82 Å². The van der Waals surface area contributed by atoms with Crippen molar-refractivity contribution in [3.05, 3.63) is 35.2 Å². The molecule has 27 heavy (non-hydrogen) atoms. The molecule has 1 amide bonds. The van der Waals surface area contributed by atoms with Crippen LogP contribution in [0.15, 0.2) is 23.4 Å². The maximum atomic E-state index is 12.3. The number of thioether (sulfide) groups is 1. The summed E-state index contributed by atoms with van der Waals surface area (Å²) < 4.78 is 7.48. The van der Waals surface area contributed by atoms with Gasteiger partial charge in [0.15, 0.2) is 5.16 Å². The van der Waals surface area contributed by atoms with E-state index in [0.29, 0.717) is 5.75 Å². The first-order valence-electron chi connectivity index (χ1n) is 9.28. The molecule has 146 valence electrons. The highest BCUT2D eigenvalue weighted by molar-refractivity contribution is 7.99. The van der Waals surface area contributed by atoms with Crippen LogP contribution in [-0.4, -0.2) is 57.6 Å². The summed E-state index contributed by atoms with van der Waals surface area (Å²) in [7, 11) is 0. The van der Waals surface area contributed by atoms with Crippen molar-refractivity contribution >= 4 is 23.4 Å². The Kier molecular flexibility index (Phi) is 6.87. The summed E-state index contributed by atoms with van der Waals surface area (Å²) in [5.74, 6) is 1.21. The van der Waals surface area contributed by atoms with Crippen molar-refractivity contribution < 1.29 is 9.53 Å². The van der Waals surface area contributed by atoms with Crippen LogP contribution in [0.3, 0.4) is 0 Å². The number of carbonyl (C=O) groups excluding carboxylic acids is 1. The number of aromatic nitrogens is 3. The van der Waals surface area contributed by atoms with Gasteiger partial charge in [-0.15, -0.1) is 10.2 Å². The molecule has 1 aliphatic heterocycles. The summed E-state index contributed by atoms with van der Waals surface area (Å²) in [4.78, 5) is 14.6. The van der Waals surface area contributed by atoms with Crippen LogP contribution in [-0.2, 0) is 22.6 Å². The fourth-order valence-electron chi connectivity index (χ4n) is 3.19. The molecule has 0 atom stereocenters. The van der Waals surface area contributed by atoms with E-state index in [0.717, 1.165) is 67.2 Å². The fraction of sp³-hybridized carbons (Fsp3) is 0.526. The molecule has 1 N–H and O–H groups in total. The molecule has 0 saturated carbocycles. The summed E-state index contributed by atoms with van der Waals surface area (Å²) >= 11 is 1.42. The Labute approximate surface area is 164 Å². The summed E-state index contributed by atoms with van der Waals surface area (Å²) in [6.07, 6.45) is 0. The molecule has 1 aromatic heterocycles. The molecule has 8 heteroatoms. The van der Waals surface area contributed by atoms with Crippen LogP contribution in [0.5, 0.6) is 0 Å². The average Bonchev–Trinajstić information content (AvgIpc) is 3.01. The van der Waals surface area contributed by atoms with Crippen LogP contribution in [0.2, 0.25) is 0 Å². The number of hydrogen-bond donors (Lipinski definition) is 1. The fourth-order valence-corrected chi connectivity index (χ4v) is 4.01. The van der Waals surface area contributed by atoms with E-state index < -0.39 is 0 Å². The van der Waals surface area contributed by atoms with Crippen LogP contribution >= 0.6 is 11.8 Å². The van der Waals surface area contributed by atoms with E-state index in [1.54, 1.807) is 0 Å². The van der Waals surface area contributed by atoms with E-state index in [1.165, 1.54) is 11.8 Å². The molecule has 0 unspecified atom stereocenters. The average molecular weight is 390 g/mol. The van der Waals surface area contributed by atoms with Gasteiger partial charge in [-0.3, -0.25) is 9.69 Å². The van der Waals surface area contributed by atoms with Crippen LogP contribution < -0.4 is 5.32 Å². The SMILES string of the molecule is CCn1c(CN2CCOCC2)nnc1SCC(=O)Nc1cc(C)cc(C)c1. The van der Waals surface area contributed by atoms with Crippen LogP contribution in [0.25, 0.3) is 0 Å². The van der Waals surface area contributed by atoms with Crippen molar-refractivity contribution in [2.24, 2.45) is 0 Å². The third-order valence-corrected chi connectivity index (χ3v) is 5.38. The third-order valence-electron chi connectivity index (χ3n) is 4.42. The molecule has 1 fully saturated rings. The molecule has 2 aromatic rings. The van der Waals surface area contributed by atoms with Crippen molar-refractivity contribution in [2.45, 2.75) is 39.0 Å². The van der Waals surface area contributed by atoms with Crippen molar-refractivity contribution in [3.63, 3.8) is 0 Å². The molecule has 0 spiro atoms. The highest BCUT2D eigenvalue weighted by Crippen LogP contribution is 2.19. The summed E-state index contributed by atoms with van der Waals surface area (Å²) in [6.45, 7) is 11.0. The normalized spacial score (nSPS) is 15.1.